The molecule has 2 aliphatic rings. The molecule has 0 atom stereocenters. The molecule has 156 valence electrons. The van der Waals surface area contributed by atoms with Gasteiger partial charge in [-0.1, -0.05) is 30.3 Å². The Morgan fingerprint density at radius 1 is 0.968 bits per heavy atom. The van der Waals surface area contributed by atoms with E-state index >= 15 is 0 Å². The largest absolute Gasteiger partial charge is 0.420 e. The predicted octanol–water partition coefficient (Wildman–Crippen LogP) is 4.50. The molecule has 0 radical (unpaired) electrons. The van der Waals surface area contributed by atoms with Crippen LogP contribution in [0.2, 0.25) is 0 Å². The SMILES string of the molecule is O=C(c1cc(C2CC2)nc2ccccc12)N1CCC(n2c(=O)oc3ccccc32)CC1. The Bertz CT molecular complexity index is 1360. The molecule has 1 aliphatic carbocycles. The van der Waals surface area contributed by atoms with Crippen molar-refractivity contribution < 1.29 is 9.21 Å². The summed E-state index contributed by atoms with van der Waals surface area (Å²) in [5, 5.41) is 0.913. The number of aromatic nitrogens is 2. The zero-order valence-corrected chi connectivity index (χ0v) is 17.2. The summed E-state index contributed by atoms with van der Waals surface area (Å²) in [4.78, 5) is 32.6. The normalized spacial score (nSPS) is 17.5. The number of carbonyl (C=O) groups excluding carboxylic acids is 1. The lowest BCUT2D eigenvalue weighted by molar-refractivity contribution is 0.0695. The summed E-state index contributed by atoms with van der Waals surface area (Å²) in [7, 11) is 0. The highest BCUT2D eigenvalue weighted by atomic mass is 16.4. The van der Waals surface area contributed by atoms with Gasteiger partial charge in [-0.05, 0) is 49.9 Å². The molecule has 3 heterocycles. The first-order valence-electron chi connectivity index (χ1n) is 11.0. The summed E-state index contributed by atoms with van der Waals surface area (Å²) in [6.07, 6.45) is 3.76. The van der Waals surface area contributed by atoms with Gasteiger partial charge in [0.05, 0.1) is 16.6 Å². The van der Waals surface area contributed by atoms with Gasteiger partial charge >= 0.3 is 5.76 Å². The van der Waals surface area contributed by atoms with E-state index in [-0.39, 0.29) is 17.7 Å². The minimum absolute atomic E-state index is 0.0383. The number of nitrogens with zero attached hydrogens (tertiary/aromatic N) is 3. The van der Waals surface area contributed by atoms with Gasteiger partial charge in [0.1, 0.15) is 0 Å². The Hall–Kier alpha value is -3.41. The van der Waals surface area contributed by atoms with E-state index in [2.05, 4.69) is 0 Å². The van der Waals surface area contributed by atoms with Gasteiger partial charge in [-0.25, -0.2) is 4.79 Å². The first-order valence-corrected chi connectivity index (χ1v) is 11.0. The van der Waals surface area contributed by atoms with E-state index in [1.54, 1.807) is 4.57 Å². The number of para-hydroxylation sites is 3. The minimum atomic E-state index is -0.319. The number of rotatable bonds is 3. The van der Waals surface area contributed by atoms with Crippen LogP contribution in [0.25, 0.3) is 22.0 Å². The topological polar surface area (TPSA) is 68.3 Å². The second-order valence-corrected chi connectivity index (χ2v) is 8.62. The van der Waals surface area contributed by atoms with Crippen LogP contribution in [-0.2, 0) is 0 Å². The van der Waals surface area contributed by atoms with Crippen LogP contribution >= 0.6 is 0 Å². The van der Waals surface area contributed by atoms with Crippen LogP contribution in [0.5, 0.6) is 0 Å². The molecule has 0 bridgehead atoms. The maximum absolute atomic E-state index is 13.5. The molecule has 0 spiro atoms. The molecule has 6 nitrogen and oxygen atoms in total. The third kappa shape index (κ3) is 3.14. The van der Waals surface area contributed by atoms with Crippen molar-refractivity contribution in [3.8, 4) is 0 Å². The van der Waals surface area contributed by atoms with E-state index < -0.39 is 0 Å². The smallest absolute Gasteiger partial charge is 0.408 e. The maximum Gasteiger partial charge on any atom is 0.420 e. The Labute approximate surface area is 179 Å². The Balaban J connectivity index is 1.28. The van der Waals surface area contributed by atoms with Gasteiger partial charge in [0.15, 0.2) is 5.58 Å². The van der Waals surface area contributed by atoms with Crippen LogP contribution in [0.15, 0.2) is 63.8 Å². The average molecular weight is 413 g/mol. The number of piperidine rings is 1. The standard InChI is InChI=1S/C25H23N3O3/c29-24(19-15-21(16-9-10-16)26-20-6-2-1-5-18(19)20)27-13-11-17(12-14-27)28-22-7-3-4-8-23(22)31-25(28)30/h1-8,15-17H,9-14H2. The van der Waals surface area contributed by atoms with Gasteiger partial charge < -0.3 is 9.32 Å². The summed E-state index contributed by atoms with van der Waals surface area (Å²) >= 11 is 0. The van der Waals surface area contributed by atoms with Crippen molar-refractivity contribution in [1.29, 1.82) is 0 Å². The molecule has 2 aromatic carbocycles. The molecule has 31 heavy (non-hydrogen) atoms. The van der Waals surface area contributed by atoms with Gasteiger partial charge in [-0.15, -0.1) is 0 Å². The first-order chi connectivity index (χ1) is 15.2. The van der Waals surface area contributed by atoms with Crippen molar-refractivity contribution in [2.45, 2.75) is 37.6 Å². The molecular weight excluding hydrogens is 390 g/mol. The molecule has 4 aromatic rings. The first kappa shape index (κ1) is 18.4. The lowest BCUT2D eigenvalue weighted by Crippen LogP contribution is -2.40. The number of hydrogen-bond donors (Lipinski definition) is 0. The van der Waals surface area contributed by atoms with E-state index in [9.17, 15) is 9.59 Å². The number of benzene rings is 2. The third-order valence-corrected chi connectivity index (χ3v) is 6.60. The van der Waals surface area contributed by atoms with Gasteiger partial charge in [-0.2, -0.15) is 0 Å². The Kier molecular flexibility index (Phi) is 4.19. The number of hydrogen-bond acceptors (Lipinski definition) is 4. The molecule has 1 saturated heterocycles. The zero-order chi connectivity index (χ0) is 20.9. The van der Waals surface area contributed by atoms with Crippen molar-refractivity contribution >= 4 is 27.9 Å². The van der Waals surface area contributed by atoms with Crippen molar-refractivity contribution in [1.82, 2.24) is 14.5 Å². The number of oxazole rings is 1. The zero-order valence-electron chi connectivity index (χ0n) is 17.2. The molecule has 1 amide bonds. The number of fused-ring (bicyclic) bond motifs is 2. The lowest BCUT2D eigenvalue weighted by atomic mass is 10.0. The fourth-order valence-corrected chi connectivity index (χ4v) is 4.79. The van der Waals surface area contributed by atoms with E-state index in [0.29, 0.717) is 24.6 Å². The van der Waals surface area contributed by atoms with Crippen LogP contribution in [0.1, 0.15) is 53.7 Å². The van der Waals surface area contributed by atoms with E-state index in [1.165, 1.54) is 0 Å². The molecular formula is C25H23N3O3. The van der Waals surface area contributed by atoms with Crippen molar-refractivity contribution in [2.24, 2.45) is 0 Å². The number of carbonyl (C=O) groups is 1. The van der Waals surface area contributed by atoms with Gasteiger partial charge in [0.2, 0.25) is 0 Å². The maximum atomic E-state index is 13.5. The molecule has 0 N–H and O–H groups in total. The predicted molar refractivity (Wildman–Crippen MR) is 118 cm³/mol. The van der Waals surface area contributed by atoms with E-state index in [0.717, 1.165) is 53.4 Å². The van der Waals surface area contributed by atoms with Gasteiger partial charge in [0, 0.05) is 36.1 Å². The molecule has 2 aromatic heterocycles. The van der Waals surface area contributed by atoms with Crippen LogP contribution < -0.4 is 5.76 Å². The quantitative estimate of drug-likeness (QED) is 0.496. The molecule has 1 saturated carbocycles. The summed E-state index contributed by atoms with van der Waals surface area (Å²) in [6.45, 7) is 1.23. The molecule has 6 rings (SSSR count). The fraction of sp³-hybridized carbons (Fsp3) is 0.320. The summed E-state index contributed by atoms with van der Waals surface area (Å²) in [6, 6.07) is 17.5. The van der Waals surface area contributed by atoms with E-state index in [4.69, 9.17) is 9.40 Å². The Morgan fingerprint density at radius 2 is 1.71 bits per heavy atom. The number of amides is 1. The average Bonchev–Trinajstić information content (AvgIpc) is 3.60. The lowest BCUT2D eigenvalue weighted by Gasteiger charge is -2.32. The summed E-state index contributed by atoms with van der Waals surface area (Å²) < 4.78 is 7.16. The second kappa shape index (κ2) is 7.08. The number of pyridine rings is 1. The van der Waals surface area contributed by atoms with Crippen LogP contribution in [-0.4, -0.2) is 33.4 Å². The van der Waals surface area contributed by atoms with Gasteiger partial charge in [0.25, 0.3) is 5.91 Å². The van der Waals surface area contributed by atoms with Crippen molar-refractivity contribution in [3.05, 3.63) is 76.4 Å². The minimum Gasteiger partial charge on any atom is -0.408 e. The molecule has 2 fully saturated rings. The van der Waals surface area contributed by atoms with Gasteiger partial charge in [-0.3, -0.25) is 14.3 Å². The van der Waals surface area contributed by atoms with Crippen LogP contribution in [0.4, 0.5) is 0 Å². The second-order valence-electron chi connectivity index (χ2n) is 8.62. The molecule has 0 unspecified atom stereocenters. The third-order valence-electron chi connectivity index (χ3n) is 6.60. The monoisotopic (exact) mass is 413 g/mol. The van der Waals surface area contributed by atoms with Crippen LogP contribution in [0, 0.1) is 0 Å². The fourth-order valence-electron chi connectivity index (χ4n) is 4.79. The highest BCUT2D eigenvalue weighted by Gasteiger charge is 2.30. The summed E-state index contributed by atoms with van der Waals surface area (Å²) in [5.74, 6) is 0.228. The van der Waals surface area contributed by atoms with Crippen molar-refractivity contribution in [3.63, 3.8) is 0 Å². The van der Waals surface area contributed by atoms with Crippen molar-refractivity contribution in [2.75, 3.05) is 13.1 Å². The molecule has 1 aliphatic heterocycles. The highest BCUT2D eigenvalue weighted by molar-refractivity contribution is 6.06. The summed E-state index contributed by atoms with van der Waals surface area (Å²) in [5.41, 5.74) is 4.11. The molecule has 6 heteroatoms. The Morgan fingerprint density at radius 3 is 2.52 bits per heavy atom. The van der Waals surface area contributed by atoms with E-state index in [1.807, 2.05) is 59.5 Å². The highest BCUT2D eigenvalue weighted by Crippen LogP contribution is 2.40. The van der Waals surface area contributed by atoms with Crippen LogP contribution in [0.3, 0.4) is 0 Å². The number of likely N-dealkylation sites (tertiary alicyclic amines) is 1.